The molecule has 2 aliphatic heterocycles. The number of rotatable bonds is 10. The van der Waals surface area contributed by atoms with Crippen LogP contribution in [-0.2, 0) is 14.4 Å². The number of nitrogens with one attached hydrogen (secondary N) is 3. The lowest BCUT2D eigenvalue weighted by molar-refractivity contribution is -0.137. The van der Waals surface area contributed by atoms with Crippen molar-refractivity contribution in [2.75, 3.05) is 27.2 Å². The van der Waals surface area contributed by atoms with Crippen LogP contribution in [-0.4, -0.2) is 84.5 Å². The molecule has 4 atom stereocenters. The predicted octanol–water partition coefficient (Wildman–Crippen LogP) is 7.27. The van der Waals surface area contributed by atoms with E-state index in [0.29, 0.717) is 30.6 Å². The molecular weight excluding hydrogens is 731 g/mol. The topological polar surface area (TPSA) is 156 Å². The van der Waals surface area contributed by atoms with Gasteiger partial charge in [0.05, 0.1) is 40.4 Å². The number of oxazole rings is 1. The van der Waals surface area contributed by atoms with Crippen LogP contribution in [0.3, 0.4) is 0 Å². The van der Waals surface area contributed by atoms with E-state index in [1.807, 2.05) is 126 Å². The fourth-order valence-corrected chi connectivity index (χ4v) is 8.64. The molecule has 13 nitrogen and oxygen atoms in total. The number of benzene rings is 4. The summed E-state index contributed by atoms with van der Waals surface area (Å²) in [5.41, 5.74) is 6.43. The molecule has 2 fully saturated rings. The standard InChI is InChI=1S/C45H45N9O4/c1-27(55)47-38(28-13-6-4-7-14-28)44(56)53-23-11-19-35(53)41-48-32-22-21-30(25-34(32)50-41)37-26-46-43(58-37)31-17-10-18-33-39(31)51-42(49-33)36-20-12-24-54(36)45(57)40(52(2)3)29-15-8-5-9-16-29/h4-10,13-18,21-22,25-26,35-36,38,40H,11-12,19-20,23-24H2,1-3H3,(H,47,55)(H,48,50)(H,49,51)/t35-,36-,38?,40+/m0/s1. The van der Waals surface area contributed by atoms with Crippen molar-refractivity contribution in [2.24, 2.45) is 0 Å². The number of hydrogen-bond donors (Lipinski definition) is 3. The highest BCUT2D eigenvalue weighted by molar-refractivity contribution is 5.91. The number of carbonyl (C=O) groups is 3. The van der Waals surface area contributed by atoms with E-state index in [1.54, 1.807) is 6.20 Å². The first-order chi connectivity index (χ1) is 28.2. The van der Waals surface area contributed by atoms with Crippen molar-refractivity contribution in [2.45, 2.75) is 56.8 Å². The van der Waals surface area contributed by atoms with Gasteiger partial charge in [0, 0.05) is 25.6 Å². The number of H-pyrrole nitrogens is 2. The van der Waals surface area contributed by atoms with Gasteiger partial charge in [-0.3, -0.25) is 19.3 Å². The van der Waals surface area contributed by atoms with Gasteiger partial charge in [-0.15, -0.1) is 0 Å². The second-order valence-electron chi connectivity index (χ2n) is 15.4. The quantitative estimate of drug-likeness (QED) is 0.131. The van der Waals surface area contributed by atoms with Crippen LogP contribution in [0, 0.1) is 0 Å². The molecule has 58 heavy (non-hydrogen) atoms. The lowest BCUT2D eigenvalue weighted by Crippen LogP contribution is -2.42. The van der Waals surface area contributed by atoms with Crippen LogP contribution in [0.15, 0.2) is 108 Å². The average Bonchev–Trinajstić information content (AvgIpc) is 4.09. The van der Waals surface area contributed by atoms with E-state index in [0.717, 1.165) is 75.8 Å². The zero-order chi connectivity index (χ0) is 39.9. The first-order valence-electron chi connectivity index (χ1n) is 19.8. The van der Waals surface area contributed by atoms with Gasteiger partial charge in [0.15, 0.2) is 5.76 Å². The first-order valence-corrected chi connectivity index (χ1v) is 19.8. The molecule has 5 heterocycles. The Hall–Kier alpha value is -6.60. The summed E-state index contributed by atoms with van der Waals surface area (Å²) in [6.45, 7) is 2.66. The van der Waals surface area contributed by atoms with Crippen molar-refractivity contribution in [1.29, 1.82) is 0 Å². The average molecular weight is 776 g/mol. The number of likely N-dealkylation sites (tertiary alicyclic amines) is 2. The lowest BCUT2D eigenvalue weighted by atomic mass is 10.0. The number of fused-ring (bicyclic) bond motifs is 2. The third-order valence-electron chi connectivity index (χ3n) is 11.3. The van der Waals surface area contributed by atoms with E-state index in [4.69, 9.17) is 14.4 Å². The largest absolute Gasteiger partial charge is 0.436 e. The lowest BCUT2D eigenvalue weighted by Gasteiger charge is -2.31. The normalized spacial score (nSPS) is 18.0. The van der Waals surface area contributed by atoms with Crippen LogP contribution in [0.1, 0.15) is 79.6 Å². The van der Waals surface area contributed by atoms with Crippen LogP contribution < -0.4 is 5.32 Å². The van der Waals surface area contributed by atoms with Gasteiger partial charge in [0.2, 0.25) is 23.6 Å². The SMILES string of the molecule is CC(=O)NC(C(=O)N1CCC[C@H]1c1nc2ccc(-c3cnc(-c4cccc5[nH]c([C@@H]6CCCN6C(=O)[C@@H](c6ccccc6)N(C)C)nc45)o3)cc2[nH]1)c1ccccc1. The molecular formula is C45H45N9O4. The molecule has 0 bridgehead atoms. The predicted molar refractivity (Wildman–Crippen MR) is 220 cm³/mol. The Kier molecular flexibility index (Phi) is 9.82. The summed E-state index contributed by atoms with van der Waals surface area (Å²) in [5.74, 6) is 2.11. The van der Waals surface area contributed by atoms with E-state index < -0.39 is 12.1 Å². The van der Waals surface area contributed by atoms with Crippen molar-refractivity contribution in [3.8, 4) is 22.8 Å². The zero-order valence-electron chi connectivity index (χ0n) is 32.7. The number of carbonyl (C=O) groups excluding carboxylic acids is 3. The maximum atomic E-state index is 14.1. The Morgan fingerprint density at radius 3 is 2.12 bits per heavy atom. The minimum Gasteiger partial charge on any atom is -0.436 e. The Bertz CT molecular complexity index is 2610. The second kappa shape index (κ2) is 15.4. The molecule has 0 aliphatic carbocycles. The maximum absolute atomic E-state index is 14.1. The van der Waals surface area contributed by atoms with Gasteiger partial charge in [0.1, 0.15) is 29.2 Å². The fourth-order valence-electron chi connectivity index (χ4n) is 8.64. The summed E-state index contributed by atoms with van der Waals surface area (Å²) >= 11 is 0. The molecule has 1 unspecified atom stereocenters. The van der Waals surface area contributed by atoms with E-state index in [9.17, 15) is 14.4 Å². The van der Waals surface area contributed by atoms with Crippen LogP contribution in [0.4, 0.5) is 0 Å². The Balaban J connectivity index is 0.958. The smallest absolute Gasteiger partial charge is 0.250 e. The molecule has 3 amide bonds. The van der Waals surface area contributed by atoms with E-state index in [1.165, 1.54) is 6.92 Å². The van der Waals surface area contributed by atoms with Gasteiger partial charge in [0.25, 0.3) is 0 Å². The van der Waals surface area contributed by atoms with Crippen LogP contribution >= 0.6 is 0 Å². The zero-order valence-corrected chi connectivity index (χ0v) is 32.7. The summed E-state index contributed by atoms with van der Waals surface area (Å²) in [5, 5.41) is 2.85. The van der Waals surface area contributed by atoms with Crippen molar-refractivity contribution in [3.63, 3.8) is 0 Å². The Morgan fingerprint density at radius 1 is 0.776 bits per heavy atom. The van der Waals surface area contributed by atoms with E-state index in [-0.39, 0.29) is 29.8 Å². The highest BCUT2D eigenvalue weighted by atomic mass is 16.4. The van der Waals surface area contributed by atoms with Gasteiger partial charge >= 0.3 is 0 Å². The molecule has 3 aromatic heterocycles. The van der Waals surface area contributed by atoms with Gasteiger partial charge in [-0.1, -0.05) is 66.7 Å². The number of aromatic nitrogens is 5. The summed E-state index contributed by atoms with van der Waals surface area (Å²) < 4.78 is 6.41. The van der Waals surface area contributed by atoms with Crippen molar-refractivity contribution < 1.29 is 18.8 Å². The number of aromatic amines is 2. The van der Waals surface area contributed by atoms with Crippen molar-refractivity contribution in [3.05, 3.63) is 126 Å². The molecule has 9 rings (SSSR count). The Morgan fingerprint density at radius 2 is 1.43 bits per heavy atom. The third-order valence-corrected chi connectivity index (χ3v) is 11.3. The fraction of sp³-hybridized carbons (Fsp3) is 0.289. The summed E-state index contributed by atoms with van der Waals surface area (Å²) in [6, 6.07) is 29.4. The number of likely N-dealkylation sites (N-methyl/N-ethyl adjacent to an activating group) is 1. The highest BCUT2D eigenvalue weighted by Gasteiger charge is 2.38. The number of hydrogen-bond acceptors (Lipinski definition) is 8. The number of para-hydroxylation sites is 1. The van der Waals surface area contributed by atoms with Gasteiger partial charge in [-0.2, -0.15) is 0 Å². The van der Waals surface area contributed by atoms with Crippen LogP contribution in [0.2, 0.25) is 0 Å². The summed E-state index contributed by atoms with van der Waals surface area (Å²) in [4.78, 5) is 67.6. The molecule has 3 N–H and O–H groups in total. The van der Waals surface area contributed by atoms with Crippen LogP contribution in [0.25, 0.3) is 44.8 Å². The second-order valence-corrected chi connectivity index (χ2v) is 15.4. The van der Waals surface area contributed by atoms with E-state index >= 15 is 0 Å². The van der Waals surface area contributed by atoms with Crippen molar-refractivity contribution in [1.82, 2.24) is 44.9 Å². The summed E-state index contributed by atoms with van der Waals surface area (Å²) in [7, 11) is 3.88. The highest BCUT2D eigenvalue weighted by Crippen LogP contribution is 2.38. The molecule has 0 spiro atoms. The van der Waals surface area contributed by atoms with E-state index in [2.05, 4.69) is 20.3 Å². The molecule has 294 valence electrons. The minimum atomic E-state index is -0.780. The van der Waals surface area contributed by atoms with Crippen molar-refractivity contribution >= 4 is 39.8 Å². The number of nitrogens with zero attached hydrogens (tertiary/aromatic N) is 6. The third kappa shape index (κ3) is 6.91. The molecule has 4 aromatic carbocycles. The van der Waals surface area contributed by atoms with Crippen LogP contribution in [0.5, 0.6) is 0 Å². The number of imidazole rings is 2. The number of amides is 3. The molecule has 7 aromatic rings. The Labute approximate surface area is 335 Å². The molecule has 13 heteroatoms. The van der Waals surface area contributed by atoms with Gasteiger partial charge in [-0.25, -0.2) is 15.0 Å². The minimum absolute atomic E-state index is 0.0609. The monoisotopic (exact) mass is 775 g/mol. The first kappa shape index (κ1) is 37.0. The molecule has 0 saturated carbocycles. The maximum Gasteiger partial charge on any atom is 0.250 e. The molecule has 0 radical (unpaired) electrons. The summed E-state index contributed by atoms with van der Waals surface area (Å²) in [6.07, 6.45) is 5.01. The van der Waals surface area contributed by atoms with Gasteiger partial charge < -0.3 is 29.5 Å². The van der Waals surface area contributed by atoms with Gasteiger partial charge in [-0.05, 0) is 81.2 Å². The molecule has 2 saturated heterocycles. The molecule has 2 aliphatic rings.